The monoisotopic (exact) mass is 334 g/mol. The Bertz CT molecular complexity index is 759. The van der Waals surface area contributed by atoms with E-state index < -0.39 is 0 Å². The molecule has 25 heavy (non-hydrogen) atoms. The molecule has 1 saturated heterocycles. The fraction of sp³-hybridized carbons (Fsp3) is 0.333. The Morgan fingerprint density at radius 2 is 1.56 bits per heavy atom. The molecule has 0 radical (unpaired) electrons. The molecular formula is C21H26N4. The summed E-state index contributed by atoms with van der Waals surface area (Å²) >= 11 is 0. The third-order valence-corrected chi connectivity index (χ3v) is 4.56. The minimum Gasteiger partial charge on any atom is -0.317 e. The summed E-state index contributed by atoms with van der Waals surface area (Å²) in [6.45, 7) is 6.14. The van der Waals surface area contributed by atoms with E-state index in [-0.39, 0.29) is 0 Å². The van der Waals surface area contributed by atoms with E-state index in [1.807, 2.05) is 32.3 Å². The molecule has 3 aromatic rings. The Labute approximate surface area is 149 Å². The zero-order chi connectivity index (χ0) is 17.5. The molecule has 4 rings (SSSR count). The molecule has 1 fully saturated rings. The van der Waals surface area contributed by atoms with Crippen LogP contribution in [0.3, 0.4) is 0 Å². The number of benzene rings is 1. The number of nitrogens with one attached hydrogen (secondary N) is 2. The molecule has 0 bridgehead atoms. The highest BCUT2D eigenvalue weighted by atomic mass is 15.1. The topological polar surface area (TPSA) is 53.6 Å². The molecule has 1 aromatic carbocycles. The van der Waals surface area contributed by atoms with E-state index in [0.717, 1.165) is 37.2 Å². The molecule has 2 aromatic heterocycles. The van der Waals surface area contributed by atoms with Gasteiger partial charge in [0.25, 0.3) is 0 Å². The molecule has 1 aliphatic rings. The summed E-state index contributed by atoms with van der Waals surface area (Å²) < 4.78 is 0. The molecule has 0 saturated carbocycles. The number of hydrogen-bond acceptors (Lipinski definition) is 3. The molecular weight excluding hydrogens is 308 g/mol. The molecule has 0 atom stereocenters. The van der Waals surface area contributed by atoms with Crippen molar-refractivity contribution in [1.82, 2.24) is 20.5 Å². The molecule has 130 valence electrons. The van der Waals surface area contributed by atoms with Gasteiger partial charge in [-0.3, -0.25) is 10.1 Å². The molecule has 0 amide bonds. The van der Waals surface area contributed by atoms with Crippen LogP contribution in [0.5, 0.6) is 0 Å². The predicted octanol–water partition coefficient (Wildman–Crippen LogP) is 4.63. The number of H-pyrrole nitrogens is 1. The Morgan fingerprint density at radius 1 is 0.880 bits per heavy atom. The highest BCUT2D eigenvalue weighted by molar-refractivity contribution is 5.82. The van der Waals surface area contributed by atoms with Crippen LogP contribution in [0.25, 0.3) is 22.4 Å². The second kappa shape index (κ2) is 8.58. The summed E-state index contributed by atoms with van der Waals surface area (Å²) in [7, 11) is 0. The van der Waals surface area contributed by atoms with Gasteiger partial charge in [-0.1, -0.05) is 44.2 Å². The molecule has 2 N–H and O–H groups in total. The Hall–Kier alpha value is -2.46. The number of aromatic amines is 1. The van der Waals surface area contributed by atoms with Crippen LogP contribution in [-0.2, 0) is 0 Å². The number of nitrogens with zero attached hydrogens (tertiary/aromatic N) is 2. The SMILES string of the molecule is CC.c1ccc(-c2n[nH]c(C3CCNCC3)c2-c2ccncc2)cc1. The summed E-state index contributed by atoms with van der Waals surface area (Å²) in [6.07, 6.45) is 6.00. The van der Waals surface area contributed by atoms with Crippen LogP contribution in [0.1, 0.15) is 38.3 Å². The Balaban J connectivity index is 0.000000880. The van der Waals surface area contributed by atoms with E-state index in [2.05, 4.69) is 56.9 Å². The van der Waals surface area contributed by atoms with E-state index in [9.17, 15) is 0 Å². The van der Waals surface area contributed by atoms with Crippen LogP contribution in [0.15, 0.2) is 54.9 Å². The van der Waals surface area contributed by atoms with Gasteiger partial charge >= 0.3 is 0 Å². The second-order valence-corrected chi connectivity index (χ2v) is 5.99. The number of hydrogen-bond donors (Lipinski definition) is 2. The third-order valence-electron chi connectivity index (χ3n) is 4.56. The lowest BCUT2D eigenvalue weighted by atomic mass is 9.88. The number of aromatic nitrogens is 3. The van der Waals surface area contributed by atoms with Crippen molar-refractivity contribution in [3.05, 3.63) is 60.6 Å². The Kier molecular flexibility index (Phi) is 5.96. The molecule has 0 unspecified atom stereocenters. The van der Waals surface area contributed by atoms with Crippen LogP contribution in [0.4, 0.5) is 0 Å². The van der Waals surface area contributed by atoms with E-state index >= 15 is 0 Å². The van der Waals surface area contributed by atoms with Crippen LogP contribution in [0, 0.1) is 0 Å². The summed E-state index contributed by atoms with van der Waals surface area (Å²) in [5, 5.41) is 11.5. The maximum absolute atomic E-state index is 4.67. The lowest BCUT2D eigenvalue weighted by Gasteiger charge is -2.22. The van der Waals surface area contributed by atoms with E-state index in [4.69, 9.17) is 0 Å². The lowest BCUT2D eigenvalue weighted by Crippen LogP contribution is -2.27. The fourth-order valence-electron chi connectivity index (χ4n) is 3.38. The molecule has 3 heterocycles. The van der Waals surface area contributed by atoms with Gasteiger partial charge in [0, 0.05) is 35.1 Å². The highest BCUT2D eigenvalue weighted by Crippen LogP contribution is 2.38. The quantitative estimate of drug-likeness (QED) is 0.734. The summed E-state index contributed by atoms with van der Waals surface area (Å²) in [4.78, 5) is 4.16. The molecule has 0 aliphatic carbocycles. The Morgan fingerprint density at radius 3 is 2.24 bits per heavy atom. The van der Waals surface area contributed by atoms with Gasteiger partial charge in [-0.25, -0.2) is 0 Å². The van der Waals surface area contributed by atoms with Gasteiger partial charge in [-0.05, 0) is 43.6 Å². The van der Waals surface area contributed by atoms with Crippen molar-refractivity contribution in [1.29, 1.82) is 0 Å². The van der Waals surface area contributed by atoms with E-state index in [1.165, 1.54) is 16.8 Å². The van der Waals surface area contributed by atoms with Gasteiger partial charge in [0.2, 0.25) is 0 Å². The molecule has 4 heteroatoms. The van der Waals surface area contributed by atoms with Gasteiger partial charge in [0.05, 0.1) is 0 Å². The van der Waals surface area contributed by atoms with Crippen molar-refractivity contribution in [2.75, 3.05) is 13.1 Å². The van der Waals surface area contributed by atoms with Crippen molar-refractivity contribution in [2.24, 2.45) is 0 Å². The average molecular weight is 334 g/mol. The summed E-state index contributed by atoms with van der Waals surface area (Å²) in [5.74, 6) is 0.532. The smallest absolute Gasteiger partial charge is 0.100 e. The van der Waals surface area contributed by atoms with Crippen LogP contribution in [-0.4, -0.2) is 28.3 Å². The van der Waals surface area contributed by atoms with Gasteiger partial charge in [0.1, 0.15) is 5.69 Å². The number of pyridine rings is 1. The first-order chi connectivity index (χ1) is 12.4. The van der Waals surface area contributed by atoms with Gasteiger partial charge < -0.3 is 5.32 Å². The van der Waals surface area contributed by atoms with Gasteiger partial charge in [-0.2, -0.15) is 5.10 Å². The minimum atomic E-state index is 0.532. The van der Waals surface area contributed by atoms with Crippen LogP contribution < -0.4 is 5.32 Å². The van der Waals surface area contributed by atoms with Crippen molar-refractivity contribution in [3.8, 4) is 22.4 Å². The third kappa shape index (κ3) is 3.80. The van der Waals surface area contributed by atoms with Crippen LogP contribution in [0.2, 0.25) is 0 Å². The first-order valence-electron chi connectivity index (χ1n) is 9.18. The maximum Gasteiger partial charge on any atom is 0.100 e. The number of rotatable bonds is 3. The first kappa shape index (κ1) is 17.4. The van der Waals surface area contributed by atoms with Crippen molar-refractivity contribution in [3.63, 3.8) is 0 Å². The van der Waals surface area contributed by atoms with Crippen molar-refractivity contribution in [2.45, 2.75) is 32.6 Å². The average Bonchev–Trinajstić information content (AvgIpc) is 3.17. The minimum absolute atomic E-state index is 0.532. The number of piperidine rings is 1. The standard InChI is InChI=1S/C19H20N4.C2H6/c1-2-4-15(5-3-1)18-17(14-6-10-20-11-7-14)19(23-22-18)16-8-12-21-13-9-16;1-2/h1-7,10-11,16,21H,8-9,12-13H2,(H,22,23);1-2H3. The second-order valence-electron chi connectivity index (χ2n) is 5.99. The largest absolute Gasteiger partial charge is 0.317 e. The summed E-state index contributed by atoms with van der Waals surface area (Å²) in [6, 6.07) is 14.5. The first-order valence-corrected chi connectivity index (χ1v) is 9.18. The molecule has 1 aliphatic heterocycles. The summed E-state index contributed by atoms with van der Waals surface area (Å²) in [5.41, 5.74) is 5.85. The highest BCUT2D eigenvalue weighted by Gasteiger charge is 2.24. The van der Waals surface area contributed by atoms with E-state index in [1.54, 1.807) is 0 Å². The van der Waals surface area contributed by atoms with Crippen molar-refractivity contribution >= 4 is 0 Å². The van der Waals surface area contributed by atoms with Gasteiger partial charge in [-0.15, -0.1) is 0 Å². The normalized spacial score (nSPS) is 14.6. The molecule has 0 spiro atoms. The van der Waals surface area contributed by atoms with Gasteiger partial charge in [0.15, 0.2) is 0 Å². The zero-order valence-electron chi connectivity index (χ0n) is 15.0. The lowest BCUT2D eigenvalue weighted by molar-refractivity contribution is 0.453. The van der Waals surface area contributed by atoms with Crippen LogP contribution >= 0.6 is 0 Å². The fourth-order valence-corrected chi connectivity index (χ4v) is 3.38. The van der Waals surface area contributed by atoms with Crippen molar-refractivity contribution < 1.29 is 0 Å². The van der Waals surface area contributed by atoms with E-state index in [0.29, 0.717) is 5.92 Å². The maximum atomic E-state index is 4.67. The predicted molar refractivity (Wildman–Crippen MR) is 103 cm³/mol. The molecule has 4 nitrogen and oxygen atoms in total. The zero-order valence-corrected chi connectivity index (χ0v) is 15.0.